The van der Waals surface area contributed by atoms with Gasteiger partial charge in [-0.05, 0) is 37.9 Å². The zero-order chi connectivity index (χ0) is 10.6. The summed E-state index contributed by atoms with van der Waals surface area (Å²) in [5.74, 6) is 0.0589. The molecule has 0 radical (unpaired) electrons. The first-order valence-electron chi connectivity index (χ1n) is 4.72. The molecule has 0 fully saturated rings. The van der Waals surface area contributed by atoms with Gasteiger partial charge < -0.3 is 10.5 Å². The molecule has 0 aromatic heterocycles. The van der Waals surface area contributed by atoms with E-state index in [9.17, 15) is 4.39 Å². The standard InChI is InChI=1S/C11H16FNO/c1-8-5-6-10(12)11(14-2)9(8)4-3-7-13/h5-6H,3-4,7,13H2,1-2H3. The summed E-state index contributed by atoms with van der Waals surface area (Å²) in [6.07, 6.45) is 1.61. The summed E-state index contributed by atoms with van der Waals surface area (Å²) in [7, 11) is 1.49. The molecule has 0 bridgehead atoms. The maximum Gasteiger partial charge on any atom is 0.165 e. The first-order valence-corrected chi connectivity index (χ1v) is 4.72. The fourth-order valence-corrected chi connectivity index (χ4v) is 1.51. The van der Waals surface area contributed by atoms with Crippen molar-refractivity contribution in [2.45, 2.75) is 19.8 Å². The van der Waals surface area contributed by atoms with Crippen molar-refractivity contribution in [1.29, 1.82) is 0 Å². The van der Waals surface area contributed by atoms with E-state index in [1.54, 1.807) is 6.07 Å². The van der Waals surface area contributed by atoms with Crippen molar-refractivity contribution >= 4 is 0 Å². The number of benzene rings is 1. The molecule has 2 N–H and O–H groups in total. The Morgan fingerprint density at radius 3 is 2.71 bits per heavy atom. The number of aryl methyl sites for hydroxylation is 1. The van der Waals surface area contributed by atoms with Gasteiger partial charge in [0, 0.05) is 5.56 Å². The third kappa shape index (κ3) is 2.23. The second-order valence-electron chi connectivity index (χ2n) is 3.27. The van der Waals surface area contributed by atoms with E-state index in [0.29, 0.717) is 12.3 Å². The summed E-state index contributed by atoms with van der Waals surface area (Å²) in [5.41, 5.74) is 7.40. The van der Waals surface area contributed by atoms with Crippen molar-refractivity contribution in [1.82, 2.24) is 0 Å². The highest BCUT2D eigenvalue weighted by atomic mass is 19.1. The van der Waals surface area contributed by atoms with Crippen molar-refractivity contribution in [3.05, 3.63) is 29.1 Å². The molecule has 78 valence electrons. The monoisotopic (exact) mass is 197 g/mol. The van der Waals surface area contributed by atoms with Crippen molar-refractivity contribution in [2.24, 2.45) is 5.73 Å². The summed E-state index contributed by atoms with van der Waals surface area (Å²) in [6, 6.07) is 3.20. The first kappa shape index (κ1) is 11.0. The molecule has 0 aliphatic heterocycles. The van der Waals surface area contributed by atoms with Crippen molar-refractivity contribution < 1.29 is 9.13 Å². The number of rotatable bonds is 4. The van der Waals surface area contributed by atoms with E-state index in [1.807, 2.05) is 6.92 Å². The Hall–Kier alpha value is -1.09. The lowest BCUT2D eigenvalue weighted by Crippen LogP contribution is -2.04. The molecular weight excluding hydrogens is 181 g/mol. The molecule has 0 spiro atoms. The average Bonchev–Trinajstić information content (AvgIpc) is 2.19. The molecule has 0 aliphatic rings. The second kappa shape index (κ2) is 4.96. The van der Waals surface area contributed by atoms with E-state index in [2.05, 4.69) is 0 Å². The Morgan fingerprint density at radius 2 is 2.14 bits per heavy atom. The van der Waals surface area contributed by atoms with Crippen LogP contribution in [0.3, 0.4) is 0 Å². The molecule has 0 saturated heterocycles. The van der Waals surface area contributed by atoms with Crippen LogP contribution in [-0.2, 0) is 6.42 Å². The van der Waals surface area contributed by atoms with Gasteiger partial charge in [-0.2, -0.15) is 0 Å². The van der Waals surface area contributed by atoms with Crippen LogP contribution < -0.4 is 10.5 Å². The van der Waals surface area contributed by atoms with Crippen LogP contribution in [0.2, 0.25) is 0 Å². The maximum absolute atomic E-state index is 13.3. The van der Waals surface area contributed by atoms with Crippen molar-refractivity contribution in [3.63, 3.8) is 0 Å². The number of hydrogen-bond donors (Lipinski definition) is 1. The lowest BCUT2D eigenvalue weighted by Gasteiger charge is -2.11. The van der Waals surface area contributed by atoms with Crippen molar-refractivity contribution in [3.8, 4) is 5.75 Å². The van der Waals surface area contributed by atoms with Gasteiger partial charge in [0.15, 0.2) is 11.6 Å². The highest BCUT2D eigenvalue weighted by molar-refractivity contribution is 5.40. The number of methoxy groups -OCH3 is 1. The fourth-order valence-electron chi connectivity index (χ4n) is 1.51. The Morgan fingerprint density at radius 1 is 1.43 bits per heavy atom. The lowest BCUT2D eigenvalue weighted by molar-refractivity contribution is 0.380. The number of halogens is 1. The predicted octanol–water partition coefficient (Wildman–Crippen LogP) is 2.03. The average molecular weight is 197 g/mol. The van der Waals surface area contributed by atoms with Gasteiger partial charge in [-0.25, -0.2) is 4.39 Å². The predicted molar refractivity (Wildman–Crippen MR) is 55.1 cm³/mol. The minimum absolute atomic E-state index is 0.301. The highest BCUT2D eigenvalue weighted by Gasteiger charge is 2.10. The van der Waals surface area contributed by atoms with E-state index in [4.69, 9.17) is 10.5 Å². The van der Waals surface area contributed by atoms with Crippen LogP contribution >= 0.6 is 0 Å². The molecule has 2 nitrogen and oxygen atoms in total. The Bertz CT molecular complexity index is 312. The van der Waals surface area contributed by atoms with E-state index >= 15 is 0 Å². The minimum Gasteiger partial charge on any atom is -0.493 e. The van der Waals surface area contributed by atoms with Gasteiger partial charge in [0.25, 0.3) is 0 Å². The van der Waals surface area contributed by atoms with Gasteiger partial charge >= 0.3 is 0 Å². The van der Waals surface area contributed by atoms with Crippen LogP contribution in [0.5, 0.6) is 5.75 Å². The van der Waals surface area contributed by atoms with E-state index < -0.39 is 0 Å². The molecule has 1 rings (SSSR count). The number of hydrogen-bond acceptors (Lipinski definition) is 2. The van der Waals surface area contributed by atoms with Gasteiger partial charge in [0.2, 0.25) is 0 Å². The Kier molecular flexibility index (Phi) is 3.89. The van der Waals surface area contributed by atoms with Gasteiger partial charge in [-0.15, -0.1) is 0 Å². The van der Waals surface area contributed by atoms with Gasteiger partial charge in [0.05, 0.1) is 7.11 Å². The summed E-state index contributed by atoms with van der Waals surface area (Å²) < 4.78 is 18.3. The van der Waals surface area contributed by atoms with Crippen LogP contribution in [0.1, 0.15) is 17.5 Å². The zero-order valence-electron chi connectivity index (χ0n) is 8.64. The largest absolute Gasteiger partial charge is 0.493 e. The quantitative estimate of drug-likeness (QED) is 0.801. The molecule has 0 amide bonds. The normalized spacial score (nSPS) is 10.3. The van der Waals surface area contributed by atoms with Gasteiger partial charge in [-0.1, -0.05) is 6.07 Å². The molecule has 3 heteroatoms. The molecule has 0 heterocycles. The zero-order valence-corrected chi connectivity index (χ0v) is 8.64. The number of ether oxygens (including phenoxy) is 1. The minimum atomic E-state index is -0.301. The summed E-state index contributed by atoms with van der Waals surface area (Å²) in [5, 5.41) is 0. The third-order valence-corrected chi connectivity index (χ3v) is 2.28. The first-order chi connectivity index (χ1) is 6.70. The molecule has 0 saturated carbocycles. The number of nitrogens with two attached hydrogens (primary N) is 1. The summed E-state index contributed by atoms with van der Waals surface area (Å²) in [4.78, 5) is 0. The topological polar surface area (TPSA) is 35.2 Å². The maximum atomic E-state index is 13.3. The summed E-state index contributed by atoms with van der Waals surface area (Å²) >= 11 is 0. The van der Waals surface area contributed by atoms with Crippen LogP contribution in [0.25, 0.3) is 0 Å². The van der Waals surface area contributed by atoms with E-state index in [0.717, 1.165) is 24.0 Å². The molecule has 0 aliphatic carbocycles. The molecule has 14 heavy (non-hydrogen) atoms. The van der Waals surface area contributed by atoms with Gasteiger partial charge in [0.1, 0.15) is 0 Å². The van der Waals surface area contributed by atoms with Crippen molar-refractivity contribution in [2.75, 3.05) is 13.7 Å². The van der Waals surface area contributed by atoms with Crippen LogP contribution in [-0.4, -0.2) is 13.7 Å². The molecular formula is C11H16FNO. The fraction of sp³-hybridized carbons (Fsp3) is 0.455. The van der Waals surface area contributed by atoms with Crippen LogP contribution in [0, 0.1) is 12.7 Å². The molecule has 1 aromatic carbocycles. The third-order valence-electron chi connectivity index (χ3n) is 2.28. The highest BCUT2D eigenvalue weighted by Crippen LogP contribution is 2.26. The Balaban J connectivity index is 3.03. The van der Waals surface area contributed by atoms with Crippen LogP contribution in [0.4, 0.5) is 4.39 Å². The molecule has 1 aromatic rings. The van der Waals surface area contributed by atoms with E-state index in [-0.39, 0.29) is 5.82 Å². The lowest BCUT2D eigenvalue weighted by atomic mass is 10.0. The Labute approximate surface area is 83.9 Å². The molecule has 0 unspecified atom stereocenters. The smallest absolute Gasteiger partial charge is 0.165 e. The van der Waals surface area contributed by atoms with Gasteiger partial charge in [-0.3, -0.25) is 0 Å². The van der Waals surface area contributed by atoms with E-state index in [1.165, 1.54) is 13.2 Å². The summed E-state index contributed by atoms with van der Waals surface area (Å²) in [6.45, 7) is 2.56. The second-order valence-corrected chi connectivity index (χ2v) is 3.27. The van der Waals surface area contributed by atoms with Crippen LogP contribution in [0.15, 0.2) is 12.1 Å². The molecule has 0 atom stereocenters. The SMILES string of the molecule is COc1c(F)ccc(C)c1CCCN.